The summed E-state index contributed by atoms with van der Waals surface area (Å²) in [4.78, 5) is 0. The average molecular weight is 335 g/mol. The Morgan fingerprint density at radius 1 is 0.958 bits per heavy atom. The summed E-state index contributed by atoms with van der Waals surface area (Å²) in [5.41, 5.74) is 3.00. The van der Waals surface area contributed by atoms with Gasteiger partial charge in [-0.3, -0.25) is 0 Å². The molecule has 0 aromatic heterocycles. The molecule has 2 nitrogen and oxygen atoms in total. The van der Waals surface area contributed by atoms with Gasteiger partial charge in [-0.2, -0.15) is 0 Å². The molecule has 24 heavy (non-hydrogen) atoms. The van der Waals surface area contributed by atoms with Crippen LogP contribution in [0.1, 0.15) is 93.4 Å². The van der Waals surface area contributed by atoms with E-state index in [1.165, 1.54) is 24.8 Å². The minimum absolute atomic E-state index is 0.474. The van der Waals surface area contributed by atoms with E-state index in [1.807, 2.05) is 20.8 Å². The van der Waals surface area contributed by atoms with Gasteiger partial charge in [0, 0.05) is 13.3 Å². The summed E-state index contributed by atoms with van der Waals surface area (Å²) < 4.78 is 11.7. The van der Waals surface area contributed by atoms with Crippen LogP contribution in [0, 0.1) is 5.92 Å². The molecule has 2 heteroatoms. The Hall–Kier alpha value is -1.18. The fourth-order valence-electron chi connectivity index (χ4n) is 3.03. The highest BCUT2D eigenvalue weighted by molar-refractivity contribution is 5.06. The van der Waals surface area contributed by atoms with Crippen molar-refractivity contribution in [3.05, 3.63) is 34.8 Å². The average Bonchev–Trinajstić information content (AvgIpc) is 2.71. The normalized spacial score (nSPS) is 18.2. The smallest absolute Gasteiger partial charge is 0.248 e. The summed E-state index contributed by atoms with van der Waals surface area (Å²) in [5, 5.41) is 0. The van der Waals surface area contributed by atoms with Crippen molar-refractivity contribution in [1.82, 2.24) is 0 Å². The molecule has 0 bridgehead atoms. The Morgan fingerprint density at radius 3 is 2.08 bits per heavy atom. The number of rotatable bonds is 10. The molecule has 1 aliphatic rings. The first-order valence-corrected chi connectivity index (χ1v) is 9.58. The number of hydrogen-bond acceptors (Lipinski definition) is 2. The second-order valence-electron chi connectivity index (χ2n) is 7.91. The second kappa shape index (κ2) is 9.96. The fraction of sp³-hybridized carbons (Fsp3) is 0.727. The van der Waals surface area contributed by atoms with Gasteiger partial charge in [0.1, 0.15) is 11.5 Å². The van der Waals surface area contributed by atoms with Crippen LogP contribution in [0.5, 0.6) is 0 Å². The van der Waals surface area contributed by atoms with E-state index in [0.717, 1.165) is 43.1 Å². The Bertz CT molecular complexity index is 466. The molecule has 0 amide bonds. The van der Waals surface area contributed by atoms with Crippen LogP contribution in [0.3, 0.4) is 0 Å². The van der Waals surface area contributed by atoms with Crippen molar-refractivity contribution in [2.24, 2.45) is 5.92 Å². The quantitative estimate of drug-likeness (QED) is 0.391. The molecule has 0 N–H and O–H groups in total. The highest BCUT2D eigenvalue weighted by Crippen LogP contribution is 2.33. The van der Waals surface area contributed by atoms with Crippen LogP contribution >= 0.6 is 0 Å². The Labute approximate surface area is 150 Å². The monoisotopic (exact) mass is 334 g/mol. The van der Waals surface area contributed by atoms with Crippen molar-refractivity contribution in [2.45, 2.75) is 99.2 Å². The van der Waals surface area contributed by atoms with Gasteiger partial charge in [-0.1, -0.05) is 43.6 Å². The molecule has 138 valence electrons. The van der Waals surface area contributed by atoms with Crippen LogP contribution in [0.2, 0.25) is 0 Å². The summed E-state index contributed by atoms with van der Waals surface area (Å²) in [6.45, 7) is 15.1. The predicted octanol–water partition coefficient (Wildman–Crippen LogP) is 7.28. The molecule has 0 fully saturated rings. The van der Waals surface area contributed by atoms with Gasteiger partial charge in [-0.05, 0) is 65.7 Å². The maximum absolute atomic E-state index is 5.83. The van der Waals surface area contributed by atoms with Crippen LogP contribution in [0.15, 0.2) is 34.8 Å². The lowest BCUT2D eigenvalue weighted by atomic mass is 10.0. The van der Waals surface area contributed by atoms with Crippen LogP contribution < -0.4 is 0 Å². The van der Waals surface area contributed by atoms with E-state index in [9.17, 15) is 0 Å². The molecular formula is C22H38O2. The third kappa shape index (κ3) is 8.08. The molecule has 0 atom stereocenters. The van der Waals surface area contributed by atoms with Crippen molar-refractivity contribution in [1.29, 1.82) is 0 Å². The SMILES string of the molecule is CC(=CCCC1(C)OC(C)=C(C)O1)CCC=C(C)CCCC(C)C. The minimum Gasteiger partial charge on any atom is -0.454 e. The van der Waals surface area contributed by atoms with Gasteiger partial charge in [-0.25, -0.2) is 0 Å². The highest BCUT2D eigenvalue weighted by Gasteiger charge is 2.34. The fourth-order valence-corrected chi connectivity index (χ4v) is 3.03. The topological polar surface area (TPSA) is 18.5 Å². The van der Waals surface area contributed by atoms with E-state index in [-0.39, 0.29) is 0 Å². The zero-order valence-electron chi connectivity index (χ0n) is 17.0. The molecule has 0 aliphatic carbocycles. The van der Waals surface area contributed by atoms with E-state index in [4.69, 9.17) is 9.47 Å². The van der Waals surface area contributed by atoms with Gasteiger partial charge in [0.05, 0.1) is 0 Å². The van der Waals surface area contributed by atoms with Crippen LogP contribution in [-0.2, 0) is 9.47 Å². The summed E-state index contributed by atoms with van der Waals surface area (Å²) in [5.74, 6) is 2.17. The molecular weight excluding hydrogens is 296 g/mol. The molecule has 1 heterocycles. The maximum atomic E-state index is 5.83. The third-order valence-corrected chi connectivity index (χ3v) is 4.71. The van der Waals surface area contributed by atoms with Crippen molar-refractivity contribution in [2.75, 3.05) is 0 Å². The van der Waals surface area contributed by atoms with Gasteiger partial charge in [0.2, 0.25) is 5.79 Å². The van der Waals surface area contributed by atoms with E-state index < -0.39 is 5.79 Å². The van der Waals surface area contributed by atoms with Crippen molar-refractivity contribution >= 4 is 0 Å². The standard InChI is InChI=1S/C22H38O2/c1-17(2)11-8-12-18(3)13-9-14-19(4)15-10-16-22(7)23-20(5)21(6)24-22/h13,15,17H,8-12,14,16H2,1-7H3. The molecule has 1 rings (SSSR count). The summed E-state index contributed by atoms with van der Waals surface area (Å²) in [6.07, 6.45) is 12.8. The van der Waals surface area contributed by atoms with Gasteiger partial charge >= 0.3 is 0 Å². The molecule has 0 spiro atoms. The zero-order valence-corrected chi connectivity index (χ0v) is 17.0. The van der Waals surface area contributed by atoms with Crippen LogP contribution in [0.25, 0.3) is 0 Å². The van der Waals surface area contributed by atoms with Gasteiger partial charge < -0.3 is 9.47 Å². The molecule has 0 aromatic carbocycles. The molecule has 0 aromatic rings. The van der Waals surface area contributed by atoms with E-state index >= 15 is 0 Å². The number of allylic oxidation sites excluding steroid dienone is 6. The Balaban J connectivity index is 2.23. The molecule has 0 saturated carbocycles. The third-order valence-electron chi connectivity index (χ3n) is 4.71. The number of ether oxygens (including phenoxy) is 2. The zero-order chi connectivity index (χ0) is 18.2. The molecule has 0 unspecified atom stereocenters. The Kier molecular flexibility index (Phi) is 8.66. The van der Waals surface area contributed by atoms with Crippen molar-refractivity contribution in [3.63, 3.8) is 0 Å². The first-order valence-electron chi connectivity index (χ1n) is 9.58. The van der Waals surface area contributed by atoms with E-state index in [2.05, 4.69) is 39.8 Å². The van der Waals surface area contributed by atoms with Crippen LogP contribution in [0.4, 0.5) is 0 Å². The first kappa shape index (κ1) is 20.9. The lowest BCUT2D eigenvalue weighted by Gasteiger charge is -2.23. The molecule has 1 aliphatic heterocycles. The lowest BCUT2D eigenvalue weighted by molar-refractivity contribution is -0.142. The second-order valence-corrected chi connectivity index (χ2v) is 7.91. The van der Waals surface area contributed by atoms with E-state index in [1.54, 1.807) is 5.57 Å². The number of hydrogen-bond donors (Lipinski definition) is 0. The minimum atomic E-state index is -0.474. The first-order chi connectivity index (χ1) is 11.2. The molecule has 0 saturated heterocycles. The largest absolute Gasteiger partial charge is 0.454 e. The van der Waals surface area contributed by atoms with Crippen molar-refractivity contribution < 1.29 is 9.47 Å². The lowest BCUT2D eigenvalue weighted by Crippen LogP contribution is -2.25. The predicted molar refractivity (Wildman–Crippen MR) is 104 cm³/mol. The van der Waals surface area contributed by atoms with Gasteiger partial charge in [-0.15, -0.1) is 0 Å². The summed E-state index contributed by atoms with van der Waals surface area (Å²) in [6, 6.07) is 0. The van der Waals surface area contributed by atoms with E-state index in [0.29, 0.717) is 0 Å². The summed E-state index contributed by atoms with van der Waals surface area (Å²) in [7, 11) is 0. The highest BCUT2D eigenvalue weighted by atomic mass is 16.7. The van der Waals surface area contributed by atoms with Gasteiger partial charge in [0.15, 0.2) is 0 Å². The van der Waals surface area contributed by atoms with Crippen LogP contribution in [-0.4, -0.2) is 5.79 Å². The Morgan fingerprint density at radius 2 is 1.50 bits per heavy atom. The van der Waals surface area contributed by atoms with Gasteiger partial charge in [0.25, 0.3) is 0 Å². The summed E-state index contributed by atoms with van der Waals surface area (Å²) >= 11 is 0. The molecule has 0 radical (unpaired) electrons. The maximum Gasteiger partial charge on any atom is 0.248 e. The van der Waals surface area contributed by atoms with Crippen molar-refractivity contribution in [3.8, 4) is 0 Å².